The zero-order valence-corrected chi connectivity index (χ0v) is 10.0. The van der Waals surface area contributed by atoms with E-state index < -0.39 is 0 Å². The number of nitrogens with one attached hydrogen (secondary N) is 1. The van der Waals surface area contributed by atoms with Crippen LogP contribution in [0.1, 0.15) is 10.4 Å². The summed E-state index contributed by atoms with van der Waals surface area (Å²) in [5.74, 6) is -0.235. The molecule has 98 valence electrons. The van der Waals surface area contributed by atoms with Crippen LogP contribution in [-0.4, -0.2) is 38.4 Å². The molecule has 1 heterocycles. The van der Waals surface area contributed by atoms with Crippen molar-refractivity contribution in [3.63, 3.8) is 0 Å². The quantitative estimate of drug-likeness (QED) is 0.656. The minimum absolute atomic E-state index is 0.0993. The summed E-state index contributed by atoms with van der Waals surface area (Å²) in [7, 11) is 0. The van der Waals surface area contributed by atoms with Crippen LogP contribution >= 0.6 is 0 Å². The number of hydrogen-bond acceptors (Lipinski definition) is 5. The molecule has 1 aromatic carbocycles. The Morgan fingerprint density at radius 1 is 1.39 bits per heavy atom. The van der Waals surface area contributed by atoms with Crippen molar-refractivity contribution in [3.05, 3.63) is 23.8 Å². The Labute approximate surface area is 105 Å². The number of carbonyl (C=O) groups excluding carboxylic acids is 1. The zero-order valence-electron chi connectivity index (χ0n) is 10.0. The maximum Gasteiger partial charge on any atom is 0.253 e. The second-order valence-electron chi connectivity index (χ2n) is 4.12. The Kier molecular flexibility index (Phi) is 4.01. The first-order valence-corrected chi connectivity index (χ1v) is 5.79. The summed E-state index contributed by atoms with van der Waals surface area (Å²) in [6.07, 6.45) is -0.0993. The molecule has 1 unspecified atom stereocenters. The minimum atomic E-state index is -0.235. The van der Waals surface area contributed by atoms with E-state index in [4.69, 9.17) is 20.9 Å². The molecular weight excluding hydrogens is 234 g/mol. The van der Waals surface area contributed by atoms with Gasteiger partial charge < -0.3 is 26.3 Å². The molecule has 1 amide bonds. The standard InChI is InChI=1S/C12H17N3O3/c13-8-1-2-10(11(14)5-8)12(16)15-6-9-7-17-3-4-18-9/h1-2,5,9H,3-4,6-7,13-14H2,(H,15,16). The molecule has 0 aliphatic carbocycles. The van der Waals surface area contributed by atoms with Crippen LogP contribution in [0.25, 0.3) is 0 Å². The van der Waals surface area contributed by atoms with Gasteiger partial charge in [-0.2, -0.15) is 0 Å². The van der Waals surface area contributed by atoms with Crippen molar-refractivity contribution in [2.45, 2.75) is 6.10 Å². The highest BCUT2D eigenvalue weighted by Crippen LogP contribution is 2.15. The summed E-state index contributed by atoms with van der Waals surface area (Å²) in [6.45, 7) is 2.07. The van der Waals surface area contributed by atoms with E-state index in [-0.39, 0.29) is 12.0 Å². The van der Waals surface area contributed by atoms with Gasteiger partial charge in [0.1, 0.15) is 0 Å². The molecule has 0 spiro atoms. The molecule has 1 aliphatic rings. The number of ether oxygens (including phenoxy) is 2. The SMILES string of the molecule is Nc1ccc(C(=O)NCC2COCCO2)c(N)c1. The molecule has 0 aromatic heterocycles. The van der Waals surface area contributed by atoms with Crippen LogP contribution in [0.5, 0.6) is 0 Å². The van der Waals surface area contributed by atoms with E-state index in [2.05, 4.69) is 5.32 Å². The molecule has 18 heavy (non-hydrogen) atoms. The predicted molar refractivity (Wildman–Crippen MR) is 68.2 cm³/mol. The molecule has 6 nitrogen and oxygen atoms in total. The lowest BCUT2D eigenvalue weighted by molar-refractivity contribution is -0.0855. The van der Waals surface area contributed by atoms with Crippen LogP contribution in [0.3, 0.4) is 0 Å². The van der Waals surface area contributed by atoms with E-state index in [0.29, 0.717) is 43.3 Å². The Balaban J connectivity index is 1.90. The van der Waals surface area contributed by atoms with Crippen molar-refractivity contribution in [3.8, 4) is 0 Å². The van der Waals surface area contributed by atoms with Gasteiger partial charge in [0.05, 0.1) is 31.5 Å². The van der Waals surface area contributed by atoms with E-state index in [1.54, 1.807) is 18.2 Å². The lowest BCUT2D eigenvalue weighted by Crippen LogP contribution is -2.39. The van der Waals surface area contributed by atoms with Gasteiger partial charge >= 0.3 is 0 Å². The average molecular weight is 251 g/mol. The molecule has 1 fully saturated rings. The first kappa shape index (κ1) is 12.7. The molecule has 0 radical (unpaired) electrons. The highest BCUT2D eigenvalue weighted by molar-refractivity contribution is 5.99. The predicted octanol–water partition coefficient (Wildman–Crippen LogP) is -0.00380. The maximum absolute atomic E-state index is 11.9. The van der Waals surface area contributed by atoms with Crippen LogP contribution in [0.15, 0.2) is 18.2 Å². The van der Waals surface area contributed by atoms with Crippen molar-refractivity contribution in [2.75, 3.05) is 37.8 Å². The molecule has 0 saturated carbocycles. The molecule has 2 rings (SSSR count). The second kappa shape index (κ2) is 5.70. The highest BCUT2D eigenvalue weighted by atomic mass is 16.6. The molecule has 1 aromatic rings. The molecular formula is C12H17N3O3. The smallest absolute Gasteiger partial charge is 0.253 e. The van der Waals surface area contributed by atoms with Crippen molar-refractivity contribution in [2.24, 2.45) is 0 Å². The van der Waals surface area contributed by atoms with Crippen LogP contribution in [0, 0.1) is 0 Å². The lowest BCUT2D eigenvalue weighted by Gasteiger charge is -2.23. The summed E-state index contributed by atoms with van der Waals surface area (Å²) in [5, 5.41) is 2.76. The lowest BCUT2D eigenvalue weighted by atomic mass is 10.1. The molecule has 1 saturated heterocycles. The van der Waals surface area contributed by atoms with Gasteiger partial charge in [0, 0.05) is 17.9 Å². The fraction of sp³-hybridized carbons (Fsp3) is 0.417. The van der Waals surface area contributed by atoms with Crippen LogP contribution in [-0.2, 0) is 9.47 Å². The fourth-order valence-corrected chi connectivity index (χ4v) is 1.74. The van der Waals surface area contributed by atoms with E-state index in [1.165, 1.54) is 0 Å². The third-order valence-electron chi connectivity index (χ3n) is 2.70. The third-order valence-corrected chi connectivity index (χ3v) is 2.70. The molecule has 0 bridgehead atoms. The molecule has 1 atom stereocenters. The maximum atomic E-state index is 11.9. The first-order valence-electron chi connectivity index (χ1n) is 5.79. The monoisotopic (exact) mass is 251 g/mol. The van der Waals surface area contributed by atoms with Gasteiger partial charge in [0.15, 0.2) is 0 Å². The van der Waals surface area contributed by atoms with Gasteiger partial charge in [0.2, 0.25) is 0 Å². The van der Waals surface area contributed by atoms with E-state index in [9.17, 15) is 4.79 Å². The summed E-state index contributed by atoms with van der Waals surface area (Å²) < 4.78 is 10.7. The molecule has 5 N–H and O–H groups in total. The number of nitrogen functional groups attached to an aromatic ring is 2. The number of carbonyl (C=O) groups is 1. The molecule has 1 aliphatic heterocycles. The largest absolute Gasteiger partial charge is 0.399 e. The normalized spacial score (nSPS) is 19.4. The Morgan fingerprint density at radius 2 is 2.22 bits per heavy atom. The Hall–Kier alpha value is -1.79. The topological polar surface area (TPSA) is 99.6 Å². The van der Waals surface area contributed by atoms with Crippen molar-refractivity contribution in [1.82, 2.24) is 5.32 Å². The summed E-state index contributed by atoms with van der Waals surface area (Å²) >= 11 is 0. The van der Waals surface area contributed by atoms with Gasteiger partial charge in [-0.3, -0.25) is 4.79 Å². The van der Waals surface area contributed by atoms with E-state index in [1.807, 2.05) is 0 Å². The van der Waals surface area contributed by atoms with Gasteiger partial charge in [-0.1, -0.05) is 0 Å². The van der Waals surface area contributed by atoms with Gasteiger partial charge in [-0.25, -0.2) is 0 Å². The van der Waals surface area contributed by atoms with Crippen LogP contribution < -0.4 is 16.8 Å². The van der Waals surface area contributed by atoms with Gasteiger partial charge in [-0.15, -0.1) is 0 Å². The highest BCUT2D eigenvalue weighted by Gasteiger charge is 2.16. The van der Waals surface area contributed by atoms with E-state index >= 15 is 0 Å². The fourth-order valence-electron chi connectivity index (χ4n) is 1.74. The van der Waals surface area contributed by atoms with Crippen molar-refractivity contribution >= 4 is 17.3 Å². The summed E-state index contributed by atoms with van der Waals surface area (Å²) in [4.78, 5) is 11.9. The van der Waals surface area contributed by atoms with E-state index in [0.717, 1.165) is 0 Å². The van der Waals surface area contributed by atoms with Crippen molar-refractivity contribution < 1.29 is 14.3 Å². The van der Waals surface area contributed by atoms with Gasteiger partial charge in [0.25, 0.3) is 5.91 Å². The second-order valence-corrected chi connectivity index (χ2v) is 4.12. The number of anilines is 2. The Bertz CT molecular complexity index is 431. The van der Waals surface area contributed by atoms with Crippen molar-refractivity contribution in [1.29, 1.82) is 0 Å². The van der Waals surface area contributed by atoms with Gasteiger partial charge in [-0.05, 0) is 18.2 Å². The third kappa shape index (κ3) is 3.12. The number of nitrogens with two attached hydrogens (primary N) is 2. The number of amides is 1. The summed E-state index contributed by atoms with van der Waals surface area (Å²) in [6, 6.07) is 4.82. The average Bonchev–Trinajstić information content (AvgIpc) is 2.37. The number of hydrogen-bond donors (Lipinski definition) is 3. The minimum Gasteiger partial charge on any atom is -0.399 e. The number of rotatable bonds is 3. The van der Waals surface area contributed by atoms with Crippen LogP contribution in [0.2, 0.25) is 0 Å². The Morgan fingerprint density at radius 3 is 2.89 bits per heavy atom. The van der Waals surface area contributed by atoms with Crippen LogP contribution in [0.4, 0.5) is 11.4 Å². The summed E-state index contributed by atoms with van der Waals surface area (Å²) in [5.41, 5.74) is 12.6. The zero-order chi connectivity index (χ0) is 13.0. The number of benzene rings is 1. The first-order chi connectivity index (χ1) is 8.66. The molecule has 6 heteroatoms.